The summed E-state index contributed by atoms with van der Waals surface area (Å²) >= 11 is 3.40. The van der Waals surface area contributed by atoms with Gasteiger partial charge in [0.15, 0.2) is 0 Å². The Bertz CT molecular complexity index is 557. The molecule has 0 aliphatic heterocycles. The molecule has 0 fully saturated rings. The van der Waals surface area contributed by atoms with Crippen LogP contribution in [0.25, 0.3) is 0 Å². The Hall–Kier alpha value is -1.39. The van der Waals surface area contributed by atoms with Gasteiger partial charge >= 0.3 is 0 Å². The lowest BCUT2D eigenvalue weighted by Gasteiger charge is -2.22. The molecule has 0 spiro atoms. The molecule has 106 valence electrons. The van der Waals surface area contributed by atoms with E-state index in [1.165, 1.54) is 6.07 Å². The molecule has 0 radical (unpaired) electrons. The number of hydrogen-bond acceptors (Lipinski definition) is 2. The molecule has 0 saturated heterocycles. The highest BCUT2D eigenvalue weighted by atomic mass is 79.9. The second-order valence-corrected chi connectivity index (χ2v) is 5.74. The quantitative estimate of drug-likeness (QED) is 0.889. The van der Waals surface area contributed by atoms with Gasteiger partial charge in [0.1, 0.15) is 5.82 Å². The molecular formula is C16H18BrFN2. The fourth-order valence-corrected chi connectivity index (χ4v) is 2.36. The molecular weight excluding hydrogens is 319 g/mol. The Kier molecular flexibility index (Phi) is 5.15. The molecule has 2 rings (SSSR count). The monoisotopic (exact) mass is 336 g/mol. The van der Waals surface area contributed by atoms with Crippen LogP contribution in [0.3, 0.4) is 0 Å². The Morgan fingerprint density at radius 1 is 1.15 bits per heavy atom. The van der Waals surface area contributed by atoms with E-state index in [9.17, 15) is 4.39 Å². The highest BCUT2D eigenvalue weighted by Gasteiger charge is 2.10. The lowest BCUT2D eigenvalue weighted by Crippen LogP contribution is -2.24. The summed E-state index contributed by atoms with van der Waals surface area (Å²) in [7, 11) is 1.88. The van der Waals surface area contributed by atoms with Crippen LogP contribution in [0.5, 0.6) is 0 Å². The van der Waals surface area contributed by atoms with Gasteiger partial charge in [-0.1, -0.05) is 40.2 Å². The summed E-state index contributed by atoms with van der Waals surface area (Å²) in [4.78, 5) is 1.90. The van der Waals surface area contributed by atoms with E-state index in [0.29, 0.717) is 12.2 Å². The minimum absolute atomic E-state index is 0.0441. The van der Waals surface area contributed by atoms with Crippen LogP contribution in [0.1, 0.15) is 18.0 Å². The van der Waals surface area contributed by atoms with E-state index in [1.54, 1.807) is 12.1 Å². The number of anilines is 1. The average molecular weight is 337 g/mol. The molecule has 2 aromatic rings. The molecule has 0 aliphatic carbocycles. The molecule has 0 amide bonds. The lowest BCUT2D eigenvalue weighted by molar-refractivity contribution is 0.607. The van der Waals surface area contributed by atoms with E-state index >= 15 is 0 Å². The predicted molar refractivity (Wildman–Crippen MR) is 85.4 cm³/mol. The van der Waals surface area contributed by atoms with Gasteiger partial charge in [0.05, 0.1) is 5.69 Å². The Morgan fingerprint density at radius 3 is 2.45 bits per heavy atom. The van der Waals surface area contributed by atoms with Crippen molar-refractivity contribution in [1.82, 2.24) is 0 Å². The summed E-state index contributed by atoms with van der Waals surface area (Å²) in [6.45, 7) is 0.707. The minimum atomic E-state index is -0.202. The second kappa shape index (κ2) is 6.86. The third-order valence-corrected chi connectivity index (χ3v) is 3.87. The first-order valence-electron chi connectivity index (χ1n) is 6.54. The maximum atomic E-state index is 13.7. The smallest absolute Gasteiger partial charge is 0.146 e. The van der Waals surface area contributed by atoms with Gasteiger partial charge < -0.3 is 10.6 Å². The van der Waals surface area contributed by atoms with Crippen LogP contribution in [-0.2, 0) is 0 Å². The number of para-hydroxylation sites is 1. The van der Waals surface area contributed by atoms with Gasteiger partial charge in [-0.2, -0.15) is 0 Å². The molecule has 0 saturated carbocycles. The third-order valence-electron chi connectivity index (χ3n) is 3.34. The van der Waals surface area contributed by atoms with Crippen LogP contribution in [0.2, 0.25) is 0 Å². The maximum absolute atomic E-state index is 13.7. The van der Waals surface area contributed by atoms with Gasteiger partial charge in [-0.15, -0.1) is 0 Å². The van der Waals surface area contributed by atoms with Crippen molar-refractivity contribution in [3.63, 3.8) is 0 Å². The number of nitrogens with two attached hydrogens (primary N) is 1. The summed E-state index contributed by atoms with van der Waals surface area (Å²) in [6.07, 6.45) is 0.770. The zero-order chi connectivity index (χ0) is 14.5. The van der Waals surface area contributed by atoms with E-state index in [0.717, 1.165) is 16.5 Å². The van der Waals surface area contributed by atoms with Gasteiger partial charge in [-0.3, -0.25) is 0 Å². The molecule has 2 aromatic carbocycles. The fourth-order valence-electron chi connectivity index (χ4n) is 2.09. The van der Waals surface area contributed by atoms with Crippen molar-refractivity contribution in [3.8, 4) is 0 Å². The van der Waals surface area contributed by atoms with Crippen LogP contribution in [0, 0.1) is 5.82 Å². The van der Waals surface area contributed by atoms with Gasteiger partial charge in [0.25, 0.3) is 0 Å². The molecule has 2 N–H and O–H groups in total. The van der Waals surface area contributed by atoms with Crippen LogP contribution in [0.4, 0.5) is 10.1 Å². The first-order valence-corrected chi connectivity index (χ1v) is 7.34. The van der Waals surface area contributed by atoms with Crippen molar-refractivity contribution in [2.24, 2.45) is 5.73 Å². The zero-order valence-electron chi connectivity index (χ0n) is 11.4. The molecule has 0 aliphatic rings. The molecule has 20 heavy (non-hydrogen) atoms. The van der Waals surface area contributed by atoms with E-state index in [4.69, 9.17) is 5.73 Å². The van der Waals surface area contributed by atoms with E-state index < -0.39 is 0 Å². The van der Waals surface area contributed by atoms with Crippen molar-refractivity contribution in [2.75, 3.05) is 18.5 Å². The van der Waals surface area contributed by atoms with Gasteiger partial charge in [0, 0.05) is 24.1 Å². The number of rotatable bonds is 5. The summed E-state index contributed by atoms with van der Waals surface area (Å²) in [5, 5.41) is 0. The predicted octanol–water partition coefficient (Wildman–Crippen LogP) is 4.11. The van der Waals surface area contributed by atoms with E-state index in [-0.39, 0.29) is 11.9 Å². The molecule has 0 bridgehead atoms. The molecule has 1 unspecified atom stereocenters. The minimum Gasteiger partial charge on any atom is -0.372 e. The number of nitrogens with zero attached hydrogens (tertiary/aromatic N) is 1. The Balaban J connectivity index is 1.95. The highest BCUT2D eigenvalue weighted by Crippen LogP contribution is 2.21. The van der Waals surface area contributed by atoms with E-state index in [2.05, 4.69) is 15.9 Å². The summed E-state index contributed by atoms with van der Waals surface area (Å²) in [5.41, 5.74) is 7.87. The largest absolute Gasteiger partial charge is 0.372 e. The van der Waals surface area contributed by atoms with Crippen molar-refractivity contribution >= 4 is 21.6 Å². The number of hydrogen-bond donors (Lipinski definition) is 1. The second-order valence-electron chi connectivity index (χ2n) is 4.82. The van der Waals surface area contributed by atoms with Crippen LogP contribution < -0.4 is 10.6 Å². The zero-order valence-corrected chi connectivity index (χ0v) is 13.0. The Morgan fingerprint density at radius 2 is 1.80 bits per heavy atom. The van der Waals surface area contributed by atoms with Gasteiger partial charge in [-0.05, 0) is 36.2 Å². The first-order chi connectivity index (χ1) is 9.58. The number of benzene rings is 2. The van der Waals surface area contributed by atoms with Crippen molar-refractivity contribution < 1.29 is 4.39 Å². The molecule has 1 atom stereocenters. The average Bonchev–Trinajstić information content (AvgIpc) is 2.45. The highest BCUT2D eigenvalue weighted by molar-refractivity contribution is 9.10. The third kappa shape index (κ3) is 3.81. The van der Waals surface area contributed by atoms with Crippen molar-refractivity contribution in [3.05, 3.63) is 64.4 Å². The van der Waals surface area contributed by atoms with Crippen molar-refractivity contribution in [1.29, 1.82) is 0 Å². The molecule has 4 heteroatoms. The summed E-state index contributed by atoms with van der Waals surface area (Å²) < 4.78 is 14.7. The topological polar surface area (TPSA) is 29.3 Å². The van der Waals surface area contributed by atoms with Gasteiger partial charge in [-0.25, -0.2) is 4.39 Å². The fraction of sp³-hybridized carbons (Fsp3) is 0.250. The SMILES string of the molecule is CN(CCC(N)c1ccc(Br)cc1)c1ccccc1F. The Labute approximate surface area is 127 Å². The normalized spacial score (nSPS) is 12.2. The van der Waals surface area contributed by atoms with Gasteiger partial charge in [0.2, 0.25) is 0 Å². The molecule has 0 heterocycles. The summed E-state index contributed by atoms with van der Waals surface area (Å²) in [6, 6.07) is 14.7. The van der Waals surface area contributed by atoms with Crippen LogP contribution in [0.15, 0.2) is 53.0 Å². The van der Waals surface area contributed by atoms with Crippen LogP contribution >= 0.6 is 15.9 Å². The first kappa shape index (κ1) is 15.0. The maximum Gasteiger partial charge on any atom is 0.146 e. The van der Waals surface area contributed by atoms with Crippen molar-refractivity contribution in [2.45, 2.75) is 12.5 Å². The summed E-state index contributed by atoms with van der Waals surface area (Å²) in [5.74, 6) is -0.202. The van der Waals surface area contributed by atoms with E-state index in [1.807, 2.05) is 42.3 Å². The molecule has 0 aromatic heterocycles. The van der Waals surface area contributed by atoms with Crippen LogP contribution in [-0.4, -0.2) is 13.6 Å². The molecule has 2 nitrogen and oxygen atoms in total. The lowest BCUT2D eigenvalue weighted by atomic mass is 10.0. The standard InChI is InChI=1S/C16H18BrFN2/c1-20(16-5-3-2-4-14(16)18)11-10-15(19)12-6-8-13(17)9-7-12/h2-9,15H,10-11,19H2,1H3. The number of halogens is 2.